The van der Waals surface area contributed by atoms with Gasteiger partial charge in [0.2, 0.25) is 10.0 Å². The molecule has 2 aromatic rings. The molecule has 0 radical (unpaired) electrons. The molecule has 29 heavy (non-hydrogen) atoms. The molecule has 0 saturated carbocycles. The molecule has 2 aromatic carbocycles. The lowest BCUT2D eigenvalue weighted by Crippen LogP contribution is -2.39. The van der Waals surface area contributed by atoms with E-state index in [2.05, 4.69) is 20.3 Å². The predicted molar refractivity (Wildman–Crippen MR) is 126 cm³/mol. The van der Waals surface area contributed by atoms with E-state index in [-0.39, 0.29) is 41.2 Å². The largest absolute Gasteiger partial charge is 0.357 e. The van der Waals surface area contributed by atoms with Crippen molar-refractivity contribution < 1.29 is 12.8 Å². The van der Waals surface area contributed by atoms with Crippen molar-refractivity contribution in [1.82, 2.24) is 15.4 Å². The minimum absolute atomic E-state index is 0. The Morgan fingerprint density at radius 2 is 1.79 bits per heavy atom. The Balaban J connectivity index is 0.00000420. The van der Waals surface area contributed by atoms with Crippen LogP contribution in [-0.2, 0) is 16.4 Å². The molecule has 160 valence electrons. The summed E-state index contributed by atoms with van der Waals surface area (Å²) in [5, 5.41) is 6.27. The van der Waals surface area contributed by atoms with Crippen LogP contribution in [0.1, 0.15) is 18.1 Å². The summed E-state index contributed by atoms with van der Waals surface area (Å²) in [7, 11) is -3.54. The van der Waals surface area contributed by atoms with Crippen molar-refractivity contribution in [2.24, 2.45) is 4.99 Å². The number of guanidine groups is 1. The molecule has 0 spiro atoms. The second-order valence-corrected chi connectivity index (χ2v) is 8.05. The quantitative estimate of drug-likeness (QED) is 0.200. The van der Waals surface area contributed by atoms with Crippen LogP contribution in [0.2, 0.25) is 0 Å². The number of aryl methyl sites for hydroxylation is 1. The summed E-state index contributed by atoms with van der Waals surface area (Å²) in [6, 6.07) is 13.2. The van der Waals surface area contributed by atoms with Gasteiger partial charge in [-0.15, -0.1) is 24.0 Å². The van der Waals surface area contributed by atoms with Gasteiger partial charge in [-0.1, -0.05) is 29.8 Å². The molecule has 9 heteroatoms. The number of sulfonamides is 1. The van der Waals surface area contributed by atoms with E-state index in [1.54, 1.807) is 30.3 Å². The van der Waals surface area contributed by atoms with E-state index in [1.807, 2.05) is 19.9 Å². The van der Waals surface area contributed by atoms with Gasteiger partial charge in [0, 0.05) is 19.6 Å². The van der Waals surface area contributed by atoms with Gasteiger partial charge in [-0.05, 0) is 50.1 Å². The van der Waals surface area contributed by atoms with Gasteiger partial charge in [-0.2, -0.15) is 0 Å². The number of rotatable bonds is 9. The number of aliphatic imine (C=N–C) groups is 1. The van der Waals surface area contributed by atoms with Gasteiger partial charge >= 0.3 is 0 Å². The van der Waals surface area contributed by atoms with Crippen molar-refractivity contribution in [2.45, 2.75) is 25.2 Å². The van der Waals surface area contributed by atoms with Crippen LogP contribution in [0, 0.1) is 12.7 Å². The minimum Gasteiger partial charge on any atom is -0.357 e. The van der Waals surface area contributed by atoms with E-state index < -0.39 is 10.0 Å². The van der Waals surface area contributed by atoms with Crippen LogP contribution in [0.15, 0.2) is 58.4 Å². The van der Waals surface area contributed by atoms with Gasteiger partial charge < -0.3 is 10.6 Å². The third-order valence-corrected chi connectivity index (χ3v) is 5.42. The zero-order valence-electron chi connectivity index (χ0n) is 16.6. The zero-order chi connectivity index (χ0) is 20.4. The third-order valence-electron chi connectivity index (χ3n) is 3.94. The maximum atomic E-state index is 13.2. The van der Waals surface area contributed by atoms with Crippen LogP contribution in [0.5, 0.6) is 0 Å². The molecule has 0 bridgehead atoms. The number of hydrogen-bond donors (Lipinski definition) is 3. The van der Waals surface area contributed by atoms with Crippen molar-refractivity contribution in [3.05, 3.63) is 65.5 Å². The first-order chi connectivity index (χ1) is 13.4. The van der Waals surface area contributed by atoms with Gasteiger partial charge in [-0.3, -0.25) is 4.99 Å². The molecule has 0 unspecified atom stereocenters. The molecule has 0 amide bonds. The van der Waals surface area contributed by atoms with Crippen molar-refractivity contribution in [3.8, 4) is 0 Å². The van der Waals surface area contributed by atoms with Gasteiger partial charge in [-0.25, -0.2) is 17.5 Å². The van der Waals surface area contributed by atoms with Gasteiger partial charge in [0.05, 0.1) is 11.4 Å². The Kier molecular flexibility index (Phi) is 11.1. The van der Waals surface area contributed by atoms with Gasteiger partial charge in [0.25, 0.3) is 0 Å². The van der Waals surface area contributed by atoms with Crippen LogP contribution < -0.4 is 15.4 Å². The van der Waals surface area contributed by atoms with Crippen LogP contribution in [0.3, 0.4) is 0 Å². The number of hydrogen-bond acceptors (Lipinski definition) is 3. The van der Waals surface area contributed by atoms with Crippen LogP contribution in [0.25, 0.3) is 0 Å². The molecule has 0 aliphatic rings. The molecule has 0 aliphatic carbocycles. The number of nitrogens with one attached hydrogen (secondary N) is 3. The van der Waals surface area contributed by atoms with Crippen molar-refractivity contribution in [2.75, 3.05) is 26.2 Å². The molecule has 0 atom stereocenters. The second-order valence-electron chi connectivity index (χ2n) is 6.28. The molecule has 3 N–H and O–H groups in total. The van der Waals surface area contributed by atoms with E-state index in [0.29, 0.717) is 32.0 Å². The molecule has 6 nitrogen and oxygen atoms in total. The summed E-state index contributed by atoms with van der Waals surface area (Å²) in [5.41, 5.74) is 1.90. The number of nitrogens with zero attached hydrogens (tertiary/aromatic N) is 1. The Morgan fingerprint density at radius 1 is 1.07 bits per heavy atom. The number of halogens is 2. The molecule has 0 fully saturated rings. The lowest BCUT2D eigenvalue weighted by atomic mass is 10.1. The Bertz CT molecular complexity index is 890. The summed E-state index contributed by atoms with van der Waals surface area (Å²) in [6.45, 7) is 5.61. The van der Waals surface area contributed by atoms with Crippen LogP contribution in [-0.4, -0.2) is 40.6 Å². The van der Waals surface area contributed by atoms with Crippen molar-refractivity contribution >= 4 is 40.0 Å². The molecule has 0 aromatic heterocycles. The highest BCUT2D eigenvalue weighted by molar-refractivity contribution is 14.0. The fourth-order valence-corrected chi connectivity index (χ4v) is 3.53. The molecule has 2 rings (SSSR count). The lowest BCUT2D eigenvalue weighted by molar-refractivity contribution is 0.582. The smallest absolute Gasteiger partial charge is 0.240 e. The molecule has 0 aliphatic heterocycles. The molecular weight excluding hydrogens is 506 g/mol. The molecule has 0 saturated heterocycles. The average Bonchev–Trinajstić information content (AvgIpc) is 2.65. The highest BCUT2D eigenvalue weighted by Crippen LogP contribution is 2.09. The van der Waals surface area contributed by atoms with E-state index in [9.17, 15) is 12.8 Å². The second kappa shape index (κ2) is 12.8. The van der Waals surface area contributed by atoms with E-state index in [4.69, 9.17) is 0 Å². The minimum atomic E-state index is -3.54. The van der Waals surface area contributed by atoms with Crippen molar-refractivity contribution in [3.63, 3.8) is 0 Å². The highest BCUT2D eigenvalue weighted by atomic mass is 127. The Labute approximate surface area is 189 Å². The highest BCUT2D eigenvalue weighted by Gasteiger charge is 2.12. The van der Waals surface area contributed by atoms with Crippen LogP contribution in [0.4, 0.5) is 4.39 Å². The third kappa shape index (κ3) is 9.09. The summed E-state index contributed by atoms with van der Waals surface area (Å²) in [6.07, 6.45) is 0.655. The maximum absolute atomic E-state index is 13.2. The fraction of sp³-hybridized carbons (Fsp3) is 0.350. The zero-order valence-corrected chi connectivity index (χ0v) is 19.8. The van der Waals surface area contributed by atoms with Gasteiger partial charge in [0.1, 0.15) is 5.82 Å². The van der Waals surface area contributed by atoms with E-state index in [1.165, 1.54) is 12.1 Å². The summed E-state index contributed by atoms with van der Waals surface area (Å²) in [5.74, 6) is 0.340. The average molecular weight is 534 g/mol. The Hall–Kier alpha value is -1.72. The number of benzene rings is 2. The summed E-state index contributed by atoms with van der Waals surface area (Å²) >= 11 is 0. The summed E-state index contributed by atoms with van der Waals surface area (Å²) in [4.78, 5) is 4.60. The first-order valence-electron chi connectivity index (χ1n) is 9.23. The van der Waals surface area contributed by atoms with Crippen LogP contribution >= 0.6 is 24.0 Å². The topological polar surface area (TPSA) is 82.6 Å². The summed E-state index contributed by atoms with van der Waals surface area (Å²) < 4.78 is 40.3. The monoisotopic (exact) mass is 534 g/mol. The van der Waals surface area contributed by atoms with E-state index >= 15 is 0 Å². The fourth-order valence-electron chi connectivity index (χ4n) is 2.51. The molecular formula is C20H28FIN4O2S. The SMILES string of the molecule is CCNC(=NCCNS(=O)(=O)c1ccc(C)cc1)NCCc1cccc(F)c1.I. The lowest BCUT2D eigenvalue weighted by Gasteiger charge is -2.12. The standard InChI is InChI=1S/C20H27FN4O2S.HI/c1-3-22-20(23-12-11-17-5-4-6-18(21)15-17)24-13-14-25-28(26,27)19-9-7-16(2)8-10-19;/h4-10,15,25H,3,11-14H2,1-2H3,(H2,22,23,24);1H. The van der Waals surface area contributed by atoms with Gasteiger partial charge in [0.15, 0.2) is 5.96 Å². The maximum Gasteiger partial charge on any atom is 0.240 e. The first-order valence-corrected chi connectivity index (χ1v) is 10.7. The molecule has 0 heterocycles. The first kappa shape index (κ1) is 25.3. The Morgan fingerprint density at radius 3 is 2.45 bits per heavy atom. The van der Waals surface area contributed by atoms with E-state index in [0.717, 1.165) is 11.1 Å². The normalized spacial score (nSPS) is 11.6. The van der Waals surface area contributed by atoms with Crippen molar-refractivity contribution in [1.29, 1.82) is 0 Å². The predicted octanol–water partition coefficient (Wildman–Crippen LogP) is 2.83.